The number of aromatic nitrogens is 1. The summed E-state index contributed by atoms with van der Waals surface area (Å²) in [5, 5.41) is 8.79. The summed E-state index contributed by atoms with van der Waals surface area (Å²) in [4.78, 5) is 0. The molecule has 0 unspecified atom stereocenters. The van der Waals surface area contributed by atoms with Gasteiger partial charge in [-0.15, -0.1) is 0 Å². The van der Waals surface area contributed by atoms with Crippen molar-refractivity contribution in [3.05, 3.63) is 35.1 Å². The van der Waals surface area contributed by atoms with E-state index in [0.717, 1.165) is 17.7 Å². The maximum Gasteiger partial charge on any atom is 0.0696 e. The smallest absolute Gasteiger partial charge is 0.0696 e. The zero-order valence-electron chi connectivity index (χ0n) is 7.00. The third-order valence-corrected chi connectivity index (χ3v) is 1.99. The zero-order valence-corrected chi connectivity index (χ0v) is 7.75. The van der Waals surface area contributed by atoms with Crippen molar-refractivity contribution in [3.63, 3.8) is 0 Å². The van der Waals surface area contributed by atoms with Crippen molar-refractivity contribution in [2.24, 2.45) is 0 Å². The van der Waals surface area contributed by atoms with Crippen LogP contribution in [0.5, 0.6) is 0 Å². The number of rotatable bonds is 3. The Hall–Kier alpha value is -0.730. The summed E-state index contributed by atoms with van der Waals surface area (Å²) in [6.45, 7) is 2.84. The molecule has 0 spiro atoms. The van der Waals surface area contributed by atoms with Gasteiger partial charge in [-0.25, -0.2) is 0 Å². The quantitative estimate of drug-likeness (QED) is 0.767. The Kier molecular flexibility index (Phi) is 3.38. The molecule has 2 nitrogen and oxygen atoms in total. The number of halogens is 1. The molecule has 0 radical (unpaired) electrons. The minimum absolute atomic E-state index is 0.0939. The van der Waals surface area contributed by atoms with Gasteiger partial charge in [0.15, 0.2) is 0 Å². The number of hydrogen-bond donors (Lipinski definition) is 1. The fourth-order valence-electron chi connectivity index (χ4n) is 1.00. The summed E-state index contributed by atoms with van der Waals surface area (Å²) in [7, 11) is 0. The van der Waals surface area contributed by atoms with E-state index in [2.05, 4.69) is 0 Å². The molecule has 0 fully saturated rings. The minimum atomic E-state index is 0.0939. The molecule has 0 saturated heterocycles. The van der Waals surface area contributed by atoms with Gasteiger partial charge >= 0.3 is 0 Å². The van der Waals surface area contributed by atoms with Crippen molar-refractivity contribution in [1.82, 2.24) is 4.57 Å². The van der Waals surface area contributed by atoms with Crippen LogP contribution in [0.4, 0.5) is 0 Å². The molecule has 0 aliphatic carbocycles. The van der Waals surface area contributed by atoms with E-state index in [1.165, 1.54) is 0 Å². The summed E-state index contributed by atoms with van der Waals surface area (Å²) >= 11 is 5.52. The van der Waals surface area contributed by atoms with Crippen LogP contribution in [0.3, 0.4) is 0 Å². The van der Waals surface area contributed by atoms with E-state index in [4.69, 9.17) is 16.7 Å². The lowest BCUT2D eigenvalue weighted by Crippen LogP contribution is -1.94. The Morgan fingerprint density at radius 2 is 2.50 bits per heavy atom. The molecule has 0 aliphatic rings. The number of nitrogens with zero attached hydrogens (tertiary/aromatic N) is 1. The van der Waals surface area contributed by atoms with E-state index >= 15 is 0 Å². The first-order chi connectivity index (χ1) is 5.76. The Labute approximate surface area is 77.1 Å². The predicted octanol–water partition coefficient (Wildman–Crippen LogP) is 2.12. The van der Waals surface area contributed by atoms with Crippen LogP contribution in [0.15, 0.2) is 29.6 Å². The minimum Gasteiger partial charge on any atom is -0.392 e. The number of aliphatic hydroxyl groups excluding tert-OH is 1. The molecule has 0 amide bonds. The highest BCUT2D eigenvalue weighted by atomic mass is 35.5. The van der Waals surface area contributed by atoms with E-state index < -0.39 is 0 Å². The molecular formula is C9H12ClNO. The molecule has 1 heterocycles. The molecule has 1 N–H and O–H groups in total. The van der Waals surface area contributed by atoms with Gasteiger partial charge in [-0.1, -0.05) is 11.6 Å². The Bertz CT molecular complexity index is 278. The molecule has 1 rings (SSSR count). The van der Waals surface area contributed by atoms with Crippen molar-refractivity contribution in [1.29, 1.82) is 0 Å². The van der Waals surface area contributed by atoms with Crippen LogP contribution >= 0.6 is 11.6 Å². The van der Waals surface area contributed by atoms with Crippen LogP contribution in [0.25, 0.3) is 0 Å². The van der Waals surface area contributed by atoms with Gasteiger partial charge in [0, 0.05) is 24.5 Å². The van der Waals surface area contributed by atoms with Crippen LogP contribution < -0.4 is 0 Å². The molecule has 12 heavy (non-hydrogen) atoms. The second kappa shape index (κ2) is 4.33. The molecule has 1 aromatic rings. The number of aliphatic hydroxyl groups is 1. The maximum atomic E-state index is 8.79. The molecule has 1 aromatic heterocycles. The van der Waals surface area contributed by atoms with Crippen LogP contribution in [0.1, 0.15) is 12.5 Å². The van der Waals surface area contributed by atoms with Gasteiger partial charge in [-0.2, -0.15) is 0 Å². The zero-order chi connectivity index (χ0) is 8.97. The number of allylic oxidation sites excluding steroid dienone is 1. The topological polar surface area (TPSA) is 25.2 Å². The van der Waals surface area contributed by atoms with E-state index in [1.807, 2.05) is 30.0 Å². The first-order valence-electron chi connectivity index (χ1n) is 3.77. The van der Waals surface area contributed by atoms with E-state index in [-0.39, 0.29) is 6.61 Å². The van der Waals surface area contributed by atoms with Crippen molar-refractivity contribution in [3.8, 4) is 0 Å². The summed E-state index contributed by atoms with van der Waals surface area (Å²) in [6, 6.07) is 1.89. The fraction of sp³-hybridized carbons (Fsp3) is 0.333. The largest absolute Gasteiger partial charge is 0.392 e. The average molecular weight is 186 g/mol. The van der Waals surface area contributed by atoms with Crippen LogP contribution in [-0.2, 0) is 13.2 Å². The molecular weight excluding hydrogens is 174 g/mol. The summed E-state index contributed by atoms with van der Waals surface area (Å²) < 4.78 is 1.99. The lowest BCUT2D eigenvalue weighted by atomic mass is 10.3. The molecule has 66 valence electrons. The third-order valence-electron chi connectivity index (χ3n) is 1.61. The maximum absolute atomic E-state index is 8.79. The lowest BCUT2D eigenvalue weighted by Gasteiger charge is -2.00. The van der Waals surface area contributed by atoms with Gasteiger partial charge in [-0.3, -0.25) is 0 Å². The highest BCUT2D eigenvalue weighted by Crippen LogP contribution is 2.05. The van der Waals surface area contributed by atoms with Gasteiger partial charge in [0.2, 0.25) is 0 Å². The first-order valence-corrected chi connectivity index (χ1v) is 4.21. The highest BCUT2D eigenvalue weighted by Gasteiger charge is 1.95. The van der Waals surface area contributed by atoms with E-state index in [1.54, 1.807) is 5.54 Å². The summed E-state index contributed by atoms with van der Waals surface area (Å²) in [6.07, 6.45) is 3.83. The van der Waals surface area contributed by atoms with E-state index in [0.29, 0.717) is 0 Å². The second-order valence-electron chi connectivity index (χ2n) is 2.81. The van der Waals surface area contributed by atoms with Crippen molar-refractivity contribution in [2.45, 2.75) is 20.1 Å². The monoisotopic (exact) mass is 185 g/mol. The van der Waals surface area contributed by atoms with Gasteiger partial charge in [0.25, 0.3) is 0 Å². The van der Waals surface area contributed by atoms with Gasteiger partial charge in [0.1, 0.15) is 0 Å². The van der Waals surface area contributed by atoms with Crippen LogP contribution in [-0.4, -0.2) is 9.67 Å². The lowest BCUT2D eigenvalue weighted by molar-refractivity contribution is 0.282. The van der Waals surface area contributed by atoms with Gasteiger partial charge < -0.3 is 9.67 Å². The Balaban J connectivity index is 2.64. The summed E-state index contributed by atoms with van der Waals surface area (Å²) in [5.41, 5.74) is 3.59. The predicted molar refractivity (Wildman–Crippen MR) is 50.0 cm³/mol. The average Bonchev–Trinajstić information content (AvgIpc) is 2.52. The SMILES string of the molecule is C/C(=C/Cl)Cn1ccc(CO)c1. The van der Waals surface area contributed by atoms with Crippen molar-refractivity contribution >= 4 is 11.6 Å². The molecule has 0 bridgehead atoms. The van der Waals surface area contributed by atoms with Gasteiger partial charge in [0.05, 0.1) is 6.61 Å². The number of hydrogen-bond acceptors (Lipinski definition) is 1. The third kappa shape index (κ3) is 2.40. The fourth-order valence-corrected chi connectivity index (χ4v) is 1.07. The standard InChI is InChI=1S/C9H12ClNO/c1-8(4-10)5-11-3-2-9(6-11)7-12/h2-4,6,12H,5,7H2,1H3/b8-4-. The molecule has 0 saturated carbocycles. The molecule has 0 aliphatic heterocycles. The van der Waals surface area contributed by atoms with Gasteiger partial charge in [-0.05, 0) is 24.1 Å². The van der Waals surface area contributed by atoms with E-state index in [9.17, 15) is 0 Å². The second-order valence-corrected chi connectivity index (χ2v) is 3.02. The Morgan fingerprint density at radius 1 is 1.75 bits per heavy atom. The van der Waals surface area contributed by atoms with Crippen LogP contribution in [0.2, 0.25) is 0 Å². The highest BCUT2D eigenvalue weighted by molar-refractivity contribution is 6.25. The normalized spacial score (nSPS) is 12.1. The molecule has 0 atom stereocenters. The molecule has 0 aromatic carbocycles. The summed E-state index contributed by atoms with van der Waals surface area (Å²) in [5.74, 6) is 0. The molecule has 3 heteroatoms. The Morgan fingerprint density at radius 3 is 3.00 bits per heavy atom. The van der Waals surface area contributed by atoms with Crippen molar-refractivity contribution in [2.75, 3.05) is 0 Å². The van der Waals surface area contributed by atoms with Crippen LogP contribution in [0, 0.1) is 0 Å². The first kappa shape index (κ1) is 9.36. The van der Waals surface area contributed by atoms with Crippen molar-refractivity contribution < 1.29 is 5.11 Å².